The largest absolute Gasteiger partial charge is 0.497 e. The molecule has 0 saturated carbocycles. The van der Waals surface area contributed by atoms with E-state index in [1.807, 2.05) is 30.3 Å². The highest BCUT2D eigenvalue weighted by Gasteiger charge is 2.24. The standard InChI is InChI=1S/C19H21NO5/c1-3-24-18(21)17(15-9-11-16(23-2)12-10-15)20-19(22)25-13-14-7-5-4-6-8-14/h4-12,17H,3,13H2,1-2H3,(H,20,22)/t17-/m0/s1. The topological polar surface area (TPSA) is 73.9 Å². The molecule has 2 aromatic rings. The molecule has 0 aliphatic carbocycles. The van der Waals surface area contributed by atoms with Crippen LogP contribution in [0.2, 0.25) is 0 Å². The number of esters is 1. The van der Waals surface area contributed by atoms with Crippen LogP contribution in [0.1, 0.15) is 24.1 Å². The molecule has 0 aromatic heterocycles. The molecule has 0 saturated heterocycles. The van der Waals surface area contributed by atoms with Crippen LogP contribution in [0.25, 0.3) is 0 Å². The Bertz CT molecular complexity index is 685. The Morgan fingerprint density at radius 1 is 1.00 bits per heavy atom. The van der Waals surface area contributed by atoms with Gasteiger partial charge in [-0.3, -0.25) is 0 Å². The molecule has 6 nitrogen and oxygen atoms in total. The highest BCUT2D eigenvalue weighted by Crippen LogP contribution is 2.19. The van der Waals surface area contributed by atoms with Crippen molar-refractivity contribution in [1.29, 1.82) is 0 Å². The lowest BCUT2D eigenvalue weighted by molar-refractivity contribution is -0.145. The van der Waals surface area contributed by atoms with Crippen LogP contribution in [0.5, 0.6) is 5.75 Å². The van der Waals surface area contributed by atoms with Crippen LogP contribution in [0, 0.1) is 0 Å². The van der Waals surface area contributed by atoms with Gasteiger partial charge in [0.05, 0.1) is 13.7 Å². The maximum absolute atomic E-state index is 12.2. The van der Waals surface area contributed by atoms with Crippen LogP contribution in [0.15, 0.2) is 54.6 Å². The molecule has 6 heteroatoms. The van der Waals surface area contributed by atoms with Crippen LogP contribution in [-0.4, -0.2) is 25.8 Å². The molecular formula is C19H21NO5. The van der Waals surface area contributed by atoms with Gasteiger partial charge in [-0.1, -0.05) is 42.5 Å². The lowest BCUT2D eigenvalue weighted by atomic mass is 10.1. The third-order valence-corrected chi connectivity index (χ3v) is 3.45. The van der Waals surface area contributed by atoms with Gasteiger partial charge in [-0.05, 0) is 30.2 Å². The van der Waals surface area contributed by atoms with E-state index >= 15 is 0 Å². The first-order chi connectivity index (χ1) is 12.1. The van der Waals surface area contributed by atoms with Crippen molar-refractivity contribution >= 4 is 12.1 Å². The number of nitrogens with one attached hydrogen (secondary N) is 1. The second-order valence-corrected chi connectivity index (χ2v) is 5.16. The van der Waals surface area contributed by atoms with E-state index in [1.165, 1.54) is 0 Å². The SMILES string of the molecule is CCOC(=O)[C@@H](NC(=O)OCc1ccccc1)c1ccc(OC)cc1. The highest BCUT2D eigenvalue weighted by atomic mass is 16.6. The van der Waals surface area contributed by atoms with Crippen molar-refractivity contribution < 1.29 is 23.8 Å². The Morgan fingerprint density at radius 2 is 1.68 bits per heavy atom. The van der Waals surface area contributed by atoms with Crippen molar-refractivity contribution in [1.82, 2.24) is 5.32 Å². The summed E-state index contributed by atoms with van der Waals surface area (Å²) in [5.41, 5.74) is 1.44. The monoisotopic (exact) mass is 343 g/mol. The van der Waals surface area contributed by atoms with Crippen molar-refractivity contribution in [3.63, 3.8) is 0 Å². The summed E-state index contributed by atoms with van der Waals surface area (Å²) in [4.78, 5) is 24.3. The maximum atomic E-state index is 12.2. The van der Waals surface area contributed by atoms with Gasteiger partial charge in [0, 0.05) is 0 Å². The zero-order chi connectivity index (χ0) is 18.1. The summed E-state index contributed by atoms with van der Waals surface area (Å²) in [7, 11) is 1.55. The Kier molecular flexibility index (Phi) is 6.83. The van der Waals surface area contributed by atoms with Crippen molar-refractivity contribution in [2.75, 3.05) is 13.7 Å². The fourth-order valence-corrected chi connectivity index (χ4v) is 2.18. The third-order valence-electron chi connectivity index (χ3n) is 3.45. The molecule has 25 heavy (non-hydrogen) atoms. The summed E-state index contributed by atoms with van der Waals surface area (Å²) >= 11 is 0. The molecule has 1 amide bonds. The van der Waals surface area contributed by atoms with E-state index in [9.17, 15) is 9.59 Å². The molecule has 1 atom stereocenters. The van der Waals surface area contributed by atoms with Gasteiger partial charge in [-0.25, -0.2) is 9.59 Å². The van der Waals surface area contributed by atoms with Gasteiger partial charge in [0.15, 0.2) is 6.04 Å². The van der Waals surface area contributed by atoms with E-state index in [0.29, 0.717) is 11.3 Å². The Labute approximate surface area is 146 Å². The Hall–Kier alpha value is -3.02. The van der Waals surface area contributed by atoms with Crippen LogP contribution in [0.3, 0.4) is 0 Å². The highest BCUT2D eigenvalue weighted by molar-refractivity contribution is 5.82. The minimum Gasteiger partial charge on any atom is -0.497 e. The van der Waals surface area contributed by atoms with Gasteiger partial charge in [-0.2, -0.15) is 0 Å². The maximum Gasteiger partial charge on any atom is 0.408 e. The minimum atomic E-state index is -0.950. The van der Waals surface area contributed by atoms with Gasteiger partial charge >= 0.3 is 12.1 Å². The summed E-state index contributed by atoms with van der Waals surface area (Å²) in [6, 6.07) is 15.1. The molecule has 0 heterocycles. The van der Waals surface area contributed by atoms with E-state index in [1.54, 1.807) is 38.3 Å². The number of amides is 1. The lowest BCUT2D eigenvalue weighted by Crippen LogP contribution is -2.35. The van der Waals surface area contributed by atoms with E-state index in [4.69, 9.17) is 14.2 Å². The number of carbonyl (C=O) groups excluding carboxylic acids is 2. The van der Waals surface area contributed by atoms with E-state index in [-0.39, 0.29) is 13.2 Å². The summed E-state index contributed by atoms with van der Waals surface area (Å²) in [6.07, 6.45) is -0.697. The fourth-order valence-electron chi connectivity index (χ4n) is 2.18. The molecule has 0 unspecified atom stereocenters. The number of hydrogen-bond donors (Lipinski definition) is 1. The van der Waals surface area contributed by atoms with Gasteiger partial charge in [0.25, 0.3) is 0 Å². The first-order valence-electron chi connectivity index (χ1n) is 7.91. The molecule has 0 radical (unpaired) electrons. The fraction of sp³-hybridized carbons (Fsp3) is 0.263. The molecule has 0 bridgehead atoms. The van der Waals surface area contributed by atoms with Crippen molar-refractivity contribution in [2.45, 2.75) is 19.6 Å². The van der Waals surface area contributed by atoms with E-state index < -0.39 is 18.1 Å². The van der Waals surface area contributed by atoms with Crippen molar-refractivity contribution in [3.8, 4) is 5.75 Å². The summed E-state index contributed by atoms with van der Waals surface area (Å²) in [5.74, 6) is 0.0994. The van der Waals surface area contributed by atoms with Crippen LogP contribution >= 0.6 is 0 Å². The quantitative estimate of drug-likeness (QED) is 0.781. The molecule has 2 rings (SSSR count). The van der Waals surface area contributed by atoms with Gasteiger partial charge in [-0.15, -0.1) is 0 Å². The third kappa shape index (κ3) is 5.53. The second-order valence-electron chi connectivity index (χ2n) is 5.16. The molecule has 1 N–H and O–H groups in total. The van der Waals surface area contributed by atoms with Gasteiger partial charge in [0.1, 0.15) is 12.4 Å². The number of hydrogen-bond acceptors (Lipinski definition) is 5. The first-order valence-corrected chi connectivity index (χ1v) is 7.91. The molecule has 0 spiro atoms. The first kappa shape index (κ1) is 18.3. The number of carbonyl (C=O) groups is 2. The van der Waals surface area contributed by atoms with Crippen LogP contribution in [-0.2, 0) is 20.9 Å². The lowest BCUT2D eigenvalue weighted by Gasteiger charge is -2.18. The summed E-state index contributed by atoms with van der Waals surface area (Å²) < 4.78 is 15.3. The number of ether oxygens (including phenoxy) is 3. The molecule has 0 aliphatic rings. The molecule has 0 fully saturated rings. The number of methoxy groups -OCH3 is 1. The number of benzene rings is 2. The van der Waals surface area contributed by atoms with E-state index in [2.05, 4.69) is 5.32 Å². The van der Waals surface area contributed by atoms with Gasteiger partial charge < -0.3 is 19.5 Å². The molecule has 2 aromatic carbocycles. The predicted molar refractivity (Wildman–Crippen MR) is 92.1 cm³/mol. The van der Waals surface area contributed by atoms with Crippen molar-refractivity contribution in [2.24, 2.45) is 0 Å². The average molecular weight is 343 g/mol. The number of rotatable bonds is 7. The smallest absolute Gasteiger partial charge is 0.408 e. The van der Waals surface area contributed by atoms with Crippen molar-refractivity contribution in [3.05, 3.63) is 65.7 Å². The molecular weight excluding hydrogens is 322 g/mol. The molecule has 132 valence electrons. The number of alkyl carbamates (subject to hydrolysis) is 1. The van der Waals surface area contributed by atoms with Crippen LogP contribution in [0.4, 0.5) is 4.79 Å². The van der Waals surface area contributed by atoms with E-state index in [0.717, 1.165) is 5.56 Å². The van der Waals surface area contributed by atoms with Crippen LogP contribution < -0.4 is 10.1 Å². The minimum absolute atomic E-state index is 0.116. The Balaban J connectivity index is 2.04. The van der Waals surface area contributed by atoms with Gasteiger partial charge in [0.2, 0.25) is 0 Å². The summed E-state index contributed by atoms with van der Waals surface area (Å²) in [6.45, 7) is 2.04. The normalized spacial score (nSPS) is 11.3. The predicted octanol–water partition coefficient (Wildman–Crippen LogP) is 3.23. The zero-order valence-corrected chi connectivity index (χ0v) is 14.2. The zero-order valence-electron chi connectivity index (χ0n) is 14.2. The molecule has 0 aliphatic heterocycles. The average Bonchev–Trinajstić information content (AvgIpc) is 2.65. The second kappa shape index (κ2) is 9.32. The Morgan fingerprint density at radius 3 is 2.28 bits per heavy atom. The summed E-state index contributed by atoms with van der Waals surface area (Å²) in [5, 5.41) is 2.55.